The van der Waals surface area contributed by atoms with Crippen LogP contribution in [0.5, 0.6) is 0 Å². The SMILES string of the molecule is CCc1ccc(NC(=O)c2ccc(F)cc2Cl)cc1. The third-order valence-electron chi connectivity index (χ3n) is 2.80. The molecular weight excluding hydrogens is 265 g/mol. The van der Waals surface area contributed by atoms with Gasteiger partial charge in [0.05, 0.1) is 10.6 Å². The molecule has 2 aromatic rings. The van der Waals surface area contributed by atoms with Crippen LogP contribution in [-0.2, 0) is 6.42 Å². The Balaban J connectivity index is 2.15. The molecule has 0 saturated heterocycles. The summed E-state index contributed by atoms with van der Waals surface area (Å²) in [5, 5.41) is 2.82. The molecule has 0 aliphatic rings. The Morgan fingerprint density at radius 3 is 2.47 bits per heavy atom. The van der Waals surface area contributed by atoms with Gasteiger partial charge in [-0.05, 0) is 42.3 Å². The minimum atomic E-state index is -0.464. The summed E-state index contributed by atoms with van der Waals surface area (Å²) in [7, 11) is 0. The molecule has 0 atom stereocenters. The van der Waals surface area contributed by atoms with Gasteiger partial charge in [-0.15, -0.1) is 0 Å². The van der Waals surface area contributed by atoms with Crippen LogP contribution in [0.15, 0.2) is 42.5 Å². The minimum absolute atomic E-state index is 0.0997. The van der Waals surface area contributed by atoms with Gasteiger partial charge in [0, 0.05) is 5.69 Å². The van der Waals surface area contributed by atoms with Gasteiger partial charge in [0.1, 0.15) is 5.82 Å². The second-order valence-electron chi connectivity index (χ2n) is 4.13. The second kappa shape index (κ2) is 5.85. The maximum atomic E-state index is 12.9. The molecule has 0 heterocycles. The monoisotopic (exact) mass is 277 g/mol. The van der Waals surface area contributed by atoms with Crippen LogP contribution in [0.4, 0.5) is 10.1 Å². The van der Waals surface area contributed by atoms with E-state index >= 15 is 0 Å². The molecule has 1 N–H and O–H groups in total. The molecule has 0 radical (unpaired) electrons. The summed E-state index contributed by atoms with van der Waals surface area (Å²) in [5.74, 6) is -0.817. The Bertz CT molecular complexity index is 596. The van der Waals surface area contributed by atoms with Crippen LogP contribution >= 0.6 is 11.6 Å². The number of hydrogen-bond donors (Lipinski definition) is 1. The van der Waals surface area contributed by atoms with Gasteiger partial charge in [0.2, 0.25) is 0 Å². The molecule has 2 aromatic carbocycles. The highest BCUT2D eigenvalue weighted by Crippen LogP contribution is 2.19. The van der Waals surface area contributed by atoms with E-state index in [9.17, 15) is 9.18 Å². The zero-order chi connectivity index (χ0) is 13.8. The molecule has 98 valence electrons. The number of anilines is 1. The number of hydrogen-bond acceptors (Lipinski definition) is 1. The minimum Gasteiger partial charge on any atom is -0.322 e. The fourth-order valence-corrected chi connectivity index (χ4v) is 1.95. The van der Waals surface area contributed by atoms with Crippen molar-refractivity contribution in [2.45, 2.75) is 13.3 Å². The van der Waals surface area contributed by atoms with Gasteiger partial charge >= 0.3 is 0 Å². The lowest BCUT2D eigenvalue weighted by atomic mass is 10.1. The molecule has 19 heavy (non-hydrogen) atoms. The molecule has 0 spiro atoms. The molecule has 2 nitrogen and oxygen atoms in total. The van der Waals surface area contributed by atoms with Crippen LogP contribution in [0, 0.1) is 5.82 Å². The standard InChI is InChI=1S/C15H13ClFNO/c1-2-10-3-6-12(7-4-10)18-15(19)13-8-5-11(17)9-14(13)16/h3-9H,2H2,1H3,(H,18,19). The highest BCUT2D eigenvalue weighted by atomic mass is 35.5. The topological polar surface area (TPSA) is 29.1 Å². The number of benzene rings is 2. The van der Waals surface area contributed by atoms with Crippen molar-refractivity contribution in [3.63, 3.8) is 0 Å². The summed E-state index contributed by atoms with van der Waals surface area (Å²) in [6.07, 6.45) is 0.942. The zero-order valence-corrected chi connectivity index (χ0v) is 11.2. The summed E-state index contributed by atoms with van der Waals surface area (Å²) < 4.78 is 12.9. The van der Waals surface area contributed by atoms with Crippen LogP contribution in [0.25, 0.3) is 0 Å². The van der Waals surface area contributed by atoms with Crippen LogP contribution in [0.3, 0.4) is 0 Å². The maximum Gasteiger partial charge on any atom is 0.257 e. The highest BCUT2D eigenvalue weighted by molar-refractivity contribution is 6.34. The Kier molecular flexibility index (Phi) is 4.17. The van der Waals surface area contributed by atoms with Crippen LogP contribution in [0.1, 0.15) is 22.8 Å². The van der Waals surface area contributed by atoms with E-state index in [2.05, 4.69) is 12.2 Å². The fraction of sp³-hybridized carbons (Fsp3) is 0.133. The van der Waals surface area contributed by atoms with Gasteiger partial charge in [-0.3, -0.25) is 4.79 Å². The van der Waals surface area contributed by atoms with Gasteiger partial charge < -0.3 is 5.32 Å². The summed E-state index contributed by atoms with van der Waals surface area (Å²) in [6, 6.07) is 11.2. The Morgan fingerprint density at radius 2 is 1.89 bits per heavy atom. The van der Waals surface area contributed by atoms with E-state index in [1.807, 2.05) is 24.3 Å². The third kappa shape index (κ3) is 3.32. The third-order valence-corrected chi connectivity index (χ3v) is 3.11. The predicted molar refractivity (Wildman–Crippen MR) is 75.2 cm³/mol. The summed E-state index contributed by atoms with van der Waals surface area (Å²) in [6.45, 7) is 2.06. The highest BCUT2D eigenvalue weighted by Gasteiger charge is 2.11. The van der Waals surface area contributed by atoms with Crippen LogP contribution in [-0.4, -0.2) is 5.91 Å². The first-order chi connectivity index (χ1) is 9.10. The average molecular weight is 278 g/mol. The van der Waals surface area contributed by atoms with E-state index < -0.39 is 5.82 Å². The molecule has 0 bridgehead atoms. The van der Waals surface area contributed by atoms with E-state index in [4.69, 9.17) is 11.6 Å². The smallest absolute Gasteiger partial charge is 0.257 e. The van der Waals surface area contributed by atoms with E-state index in [0.29, 0.717) is 5.69 Å². The zero-order valence-electron chi connectivity index (χ0n) is 10.4. The van der Waals surface area contributed by atoms with Gasteiger partial charge in [-0.25, -0.2) is 4.39 Å². The van der Waals surface area contributed by atoms with Crippen molar-refractivity contribution in [1.29, 1.82) is 0 Å². The largest absolute Gasteiger partial charge is 0.322 e. The molecule has 2 rings (SSSR count). The Labute approximate surface area is 116 Å². The first-order valence-electron chi connectivity index (χ1n) is 5.95. The number of nitrogens with one attached hydrogen (secondary N) is 1. The van der Waals surface area contributed by atoms with Crippen molar-refractivity contribution < 1.29 is 9.18 Å². The fourth-order valence-electron chi connectivity index (χ4n) is 1.70. The van der Waals surface area contributed by atoms with Crippen molar-refractivity contribution in [3.05, 3.63) is 64.4 Å². The van der Waals surface area contributed by atoms with Gasteiger partial charge in [0.25, 0.3) is 5.91 Å². The van der Waals surface area contributed by atoms with Crippen molar-refractivity contribution in [1.82, 2.24) is 0 Å². The van der Waals surface area contributed by atoms with E-state index in [0.717, 1.165) is 12.5 Å². The first kappa shape index (κ1) is 13.6. The number of aryl methyl sites for hydroxylation is 1. The molecule has 4 heteroatoms. The summed E-state index contributed by atoms with van der Waals surface area (Å²) >= 11 is 5.84. The summed E-state index contributed by atoms with van der Waals surface area (Å²) in [5.41, 5.74) is 2.13. The first-order valence-corrected chi connectivity index (χ1v) is 6.33. The van der Waals surface area contributed by atoms with Gasteiger partial charge in [-0.1, -0.05) is 30.7 Å². The molecule has 0 aromatic heterocycles. The van der Waals surface area contributed by atoms with Crippen molar-refractivity contribution in [2.24, 2.45) is 0 Å². The number of amides is 1. The molecule has 0 saturated carbocycles. The molecule has 0 unspecified atom stereocenters. The average Bonchev–Trinajstić information content (AvgIpc) is 2.39. The van der Waals surface area contributed by atoms with Crippen LogP contribution in [0.2, 0.25) is 5.02 Å². The molecular formula is C15H13ClFNO. The number of rotatable bonds is 3. The lowest BCUT2D eigenvalue weighted by Gasteiger charge is -2.07. The lowest BCUT2D eigenvalue weighted by molar-refractivity contribution is 0.102. The van der Waals surface area contributed by atoms with Crippen molar-refractivity contribution in [2.75, 3.05) is 5.32 Å². The van der Waals surface area contributed by atoms with E-state index in [1.54, 1.807) is 0 Å². The Morgan fingerprint density at radius 1 is 1.21 bits per heavy atom. The molecule has 0 aliphatic carbocycles. The van der Waals surface area contributed by atoms with Crippen molar-refractivity contribution >= 4 is 23.2 Å². The second-order valence-corrected chi connectivity index (χ2v) is 4.54. The van der Waals surface area contributed by atoms with E-state index in [1.165, 1.54) is 17.7 Å². The predicted octanol–water partition coefficient (Wildman–Crippen LogP) is 4.29. The molecule has 0 aliphatic heterocycles. The van der Waals surface area contributed by atoms with Gasteiger partial charge in [0.15, 0.2) is 0 Å². The lowest BCUT2D eigenvalue weighted by Crippen LogP contribution is -2.12. The quantitative estimate of drug-likeness (QED) is 0.891. The van der Waals surface area contributed by atoms with Gasteiger partial charge in [-0.2, -0.15) is 0 Å². The Hall–Kier alpha value is -1.87. The number of carbonyl (C=O) groups is 1. The molecule has 1 amide bonds. The maximum absolute atomic E-state index is 12.9. The number of carbonyl (C=O) groups excluding carboxylic acids is 1. The molecule has 0 fully saturated rings. The summed E-state index contributed by atoms with van der Waals surface area (Å²) in [4.78, 5) is 12.0. The number of halogens is 2. The van der Waals surface area contributed by atoms with Crippen LogP contribution < -0.4 is 5.32 Å². The van der Waals surface area contributed by atoms with E-state index in [-0.39, 0.29) is 16.5 Å². The normalized spacial score (nSPS) is 10.3. The van der Waals surface area contributed by atoms with Crippen molar-refractivity contribution in [3.8, 4) is 0 Å².